The van der Waals surface area contributed by atoms with Crippen LogP contribution in [0.4, 0.5) is 0 Å². The van der Waals surface area contributed by atoms with E-state index in [4.69, 9.17) is 0 Å². The van der Waals surface area contributed by atoms with Crippen molar-refractivity contribution in [3.63, 3.8) is 0 Å². The van der Waals surface area contributed by atoms with Crippen LogP contribution < -0.4 is 4.49 Å². The maximum absolute atomic E-state index is 13.5. The molecule has 0 bridgehead atoms. The molecule has 1 aromatic carbocycles. The molecule has 156 valence electrons. The number of hydrogen-bond donors (Lipinski definition) is 1. The standard InChI is InChI=1S/C22H40NO2PS/c1-5-8-16-26(4,17-9-6-2,18-10-7-3)23-27(24,25)22-15-14-20-12-11-13-21(20)19-22/h14-15,19,23H,5-13,16-18H2,1-4H3. The summed E-state index contributed by atoms with van der Waals surface area (Å²) in [6.45, 7) is 6.39. The Kier molecular flexibility index (Phi) is 7.93. The third kappa shape index (κ3) is 5.78. The molecule has 1 aromatic rings. The second-order valence-electron chi connectivity index (χ2n) is 8.93. The Bertz CT molecular complexity index is 705. The van der Waals surface area contributed by atoms with Crippen molar-refractivity contribution in [1.82, 2.24) is 4.49 Å². The fraction of sp³-hybridized carbons (Fsp3) is 0.727. The van der Waals surface area contributed by atoms with Crippen LogP contribution in [0.3, 0.4) is 0 Å². The van der Waals surface area contributed by atoms with Crippen molar-refractivity contribution in [2.45, 2.75) is 83.5 Å². The molecular weight excluding hydrogens is 373 g/mol. The van der Waals surface area contributed by atoms with Gasteiger partial charge in [-0.3, -0.25) is 0 Å². The number of benzene rings is 1. The zero-order valence-corrected chi connectivity index (χ0v) is 19.6. The SMILES string of the molecule is CCCCP(C)(CCCC)(CCCC)NS(=O)(=O)c1ccc2c(c1)CCC2. The van der Waals surface area contributed by atoms with Gasteiger partial charge in [0.2, 0.25) is 0 Å². The van der Waals surface area contributed by atoms with Crippen LogP contribution in [-0.4, -0.2) is 33.6 Å². The van der Waals surface area contributed by atoms with Gasteiger partial charge >= 0.3 is 168 Å². The second-order valence-corrected chi connectivity index (χ2v) is 17.1. The topological polar surface area (TPSA) is 46.2 Å². The van der Waals surface area contributed by atoms with Crippen molar-refractivity contribution in [2.75, 3.05) is 25.2 Å². The zero-order valence-electron chi connectivity index (χ0n) is 17.9. The van der Waals surface area contributed by atoms with E-state index in [9.17, 15) is 8.42 Å². The van der Waals surface area contributed by atoms with E-state index in [1.54, 1.807) is 0 Å². The molecule has 5 heteroatoms. The number of unbranched alkanes of at least 4 members (excludes halogenated alkanes) is 3. The van der Waals surface area contributed by atoms with Gasteiger partial charge in [0.1, 0.15) is 0 Å². The van der Waals surface area contributed by atoms with Crippen LogP contribution in [0.1, 0.15) is 76.8 Å². The van der Waals surface area contributed by atoms with E-state index in [0.717, 1.165) is 76.3 Å². The molecule has 0 amide bonds. The maximum atomic E-state index is 13.5. The zero-order chi connectivity index (χ0) is 20.0. The Balaban J connectivity index is 2.38. The van der Waals surface area contributed by atoms with Crippen molar-refractivity contribution in [3.8, 4) is 0 Å². The van der Waals surface area contributed by atoms with Gasteiger partial charge in [0, 0.05) is 0 Å². The van der Waals surface area contributed by atoms with Crippen molar-refractivity contribution < 1.29 is 8.42 Å². The van der Waals surface area contributed by atoms with Crippen molar-refractivity contribution in [2.24, 2.45) is 0 Å². The first-order chi connectivity index (χ1) is 12.8. The summed E-state index contributed by atoms with van der Waals surface area (Å²) in [7, 11) is -3.48. The van der Waals surface area contributed by atoms with Gasteiger partial charge in [-0.15, -0.1) is 0 Å². The molecule has 1 aliphatic rings. The molecule has 1 aliphatic carbocycles. The number of fused-ring (bicyclic) bond motifs is 1. The van der Waals surface area contributed by atoms with Crippen LogP contribution in [0.2, 0.25) is 0 Å². The Morgan fingerprint density at radius 3 is 1.93 bits per heavy atom. The van der Waals surface area contributed by atoms with E-state index in [-0.39, 0.29) is 0 Å². The molecule has 27 heavy (non-hydrogen) atoms. The third-order valence-electron chi connectivity index (χ3n) is 6.28. The summed E-state index contributed by atoms with van der Waals surface area (Å²) >= 11 is 0. The number of rotatable bonds is 12. The molecule has 0 saturated carbocycles. The summed E-state index contributed by atoms with van der Waals surface area (Å²) in [5, 5.41) is 0. The molecule has 0 radical (unpaired) electrons. The van der Waals surface area contributed by atoms with Crippen LogP contribution in [0.15, 0.2) is 23.1 Å². The Labute approximate surface area is 167 Å². The quantitative estimate of drug-likeness (QED) is 0.430. The third-order valence-corrected chi connectivity index (χ3v) is 15.2. The van der Waals surface area contributed by atoms with Gasteiger partial charge in [-0.2, -0.15) is 0 Å². The van der Waals surface area contributed by atoms with E-state index in [2.05, 4.69) is 31.9 Å². The second kappa shape index (κ2) is 9.37. The van der Waals surface area contributed by atoms with Crippen molar-refractivity contribution in [3.05, 3.63) is 29.3 Å². The van der Waals surface area contributed by atoms with E-state index in [1.165, 1.54) is 11.1 Å². The summed E-state index contributed by atoms with van der Waals surface area (Å²) in [5.74, 6) is 0. The summed E-state index contributed by atoms with van der Waals surface area (Å²) in [4.78, 5) is 0.475. The molecule has 0 aromatic heterocycles. The van der Waals surface area contributed by atoms with Crippen molar-refractivity contribution in [1.29, 1.82) is 0 Å². The normalized spacial score (nSPS) is 16.1. The monoisotopic (exact) mass is 413 g/mol. The first-order valence-electron chi connectivity index (χ1n) is 10.9. The number of hydrogen-bond acceptors (Lipinski definition) is 2. The molecule has 0 heterocycles. The summed E-state index contributed by atoms with van der Waals surface area (Å²) in [6.07, 6.45) is 13.0. The van der Waals surface area contributed by atoms with Crippen LogP contribution in [0, 0.1) is 0 Å². The average molecular weight is 414 g/mol. The van der Waals surface area contributed by atoms with E-state index < -0.39 is 16.8 Å². The average Bonchev–Trinajstić information content (AvgIpc) is 3.11. The number of nitrogens with one attached hydrogen (secondary N) is 1. The summed E-state index contributed by atoms with van der Waals surface area (Å²) in [6, 6.07) is 5.80. The van der Waals surface area contributed by atoms with Gasteiger partial charge in [0.25, 0.3) is 0 Å². The van der Waals surface area contributed by atoms with E-state index in [1.807, 2.05) is 18.2 Å². The van der Waals surface area contributed by atoms with Gasteiger partial charge in [-0.25, -0.2) is 0 Å². The fourth-order valence-electron chi connectivity index (χ4n) is 4.47. The molecule has 3 nitrogen and oxygen atoms in total. The number of aryl methyl sites for hydroxylation is 2. The molecule has 0 saturated heterocycles. The van der Waals surface area contributed by atoms with Gasteiger partial charge in [-0.05, 0) is 0 Å². The Morgan fingerprint density at radius 1 is 0.889 bits per heavy atom. The molecule has 0 unspecified atom stereocenters. The molecule has 0 fully saturated rings. The molecular formula is C22H40NO2PS. The Morgan fingerprint density at radius 2 is 1.41 bits per heavy atom. The van der Waals surface area contributed by atoms with Crippen LogP contribution >= 0.6 is 6.75 Å². The summed E-state index contributed by atoms with van der Waals surface area (Å²) in [5.41, 5.74) is 2.55. The predicted molar refractivity (Wildman–Crippen MR) is 121 cm³/mol. The van der Waals surface area contributed by atoms with Gasteiger partial charge in [0.05, 0.1) is 0 Å². The first-order valence-corrected chi connectivity index (χ1v) is 15.6. The molecule has 2 rings (SSSR count). The van der Waals surface area contributed by atoms with E-state index >= 15 is 0 Å². The van der Waals surface area contributed by atoms with Gasteiger partial charge in [-0.1, -0.05) is 0 Å². The van der Waals surface area contributed by atoms with Crippen LogP contribution in [-0.2, 0) is 22.9 Å². The molecule has 0 aliphatic heterocycles. The van der Waals surface area contributed by atoms with Gasteiger partial charge in [0.15, 0.2) is 0 Å². The molecule has 1 N–H and O–H groups in total. The molecule has 0 atom stereocenters. The van der Waals surface area contributed by atoms with Gasteiger partial charge < -0.3 is 0 Å². The minimum atomic E-state index is -3.48. The van der Waals surface area contributed by atoms with Crippen molar-refractivity contribution >= 4 is 16.8 Å². The number of sulfonamides is 1. The predicted octanol–water partition coefficient (Wildman–Crippen LogP) is 5.95. The molecule has 0 spiro atoms. The Hall–Kier alpha value is -0.440. The first kappa shape index (κ1) is 22.8. The summed E-state index contributed by atoms with van der Waals surface area (Å²) < 4.78 is 30.3. The van der Waals surface area contributed by atoms with Crippen LogP contribution in [0.5, 0.6) is 0 Å². The van der Waals surface area contributed by atoms with E-state index in [0.29, 0.717) is 4.90 Å². The van der Waals surface area contributed by atoms with Crippen LogP contribution in [0.25, 0.3) is 0 Å². The minimum absolute atomic E-state index is 0.475. The fourth-order valence-corrected chi connectivity index (χ4v) is 13.9.